The molecule has 0 saturated heterocycles. The molecule has 0 atom stereocenters. The number of carbonyl (C=O) groups is 1. The zero-order valence-electron chi connectivity index (χ0n) is 7.14. The number of hydrogen-bond acceptors (Lipinski definition) is 2. The van der Waals surface area contributed by atoms with Gasteiger partial charge < -0.3 is 4.74 Å². The third-order valence-corrected chi connectivity index (χ3v) is 0.949. The monoisotopic (exact) mass is 156 g/mol. The minimum Gasteiger partial charge on any atom is -0.435 e. The van der Waals surface area contributed by atoms with Gasteiger partial charge in [0.25, 0.3) is 0 Å². The number of hydrogen-bond donors (Lipinski definition) is 0. The molecule has 2 nitrogen and oxygen atoms in total. The largest absolute Gasteiger partial charge is 0.435 e. The Balaban J connectivity index is 0. The fourth-order valence-corrected chi connectivity index (χ4v) is 0.473. The second-order valence-corrected chi connectivity index (χ2v) is 1.76. The second-order valence-electron chi connectivity index (χ2n) is 1.76. The SMILES string of the molecule is C=C.C=COC(=O)CCCC. The van der Waals surface area contributed by atoms with Crippen molar-refractivity contribution in [2.75, 3.05) is 0 Å². The molecule has 0 spiro atoms. The Hall–Kier alpha value is -1.05. The third kappa shape index (κ3) is 12.2. The fraction of sp³-hybridized carbons (Fsp3) is 0.444. The van der Waals surface area contributed by atoms with Crippen LogP contribution in [0.25, 0.3) is 0 Å². The van der Waals surface area contributed by atoms with Crippen molar-refractivity contribution in [3.63, 3.8) is 0 Å². The van der Waals surface area contributed by atoms with Crippen molar-refractivity contribution < 1.29 is 9.53 Å². The molecule has 0 N–H and O–H groups in total. The number of ether oxygens (including phenoxy) is 1. The molecule has 0 aliphatic carbocycles. The molecule has 64 valence electrons. The molecule has 0 saturated carbocycles. The summed E-state index contributed by atoms with van der Waals surface area (Å²) < 4.78 is 4.47. The highest BCUT2D eigenvalue weighted by Gasteiger charge is 1.96. The van der Waals surface area contributed by atoms with E-state index in [1.807, 2.05) is 6.92 Å². The normalized spacial score (nSPS) is 7.36. The van der Waals surface area contributed by atoms with E-state index in [2.05, 4.69) is 24.5 Å². The van der Waals surface area contributed by atoms with Crippen molar-refractivity contribution >= 4 is 5.97 Å². The standard InChI is InChI=1S/C7H12O2.C2H4/c1-3-5-6-7(8)9-4-2;1-2/h4H,2-3,5-6H2,1H3;1-2H2. The van der Waals surface area contributed by atoms with E-state index in [1.54, 1.807) is 0 Å². The lowest BCUT2D eigenvalue weighted by Crippen LogP contribution is -1.97. The Morgan fingerprint density at radius 1 is 1.55 bits per heavy atom. The topological polar surface area (TPSA) is 26.3 Å². The molecule has 0 rings (SSSR count). The second kappa shape index (κ2) is 11.7. The summed E-state index contributed by atoms with van der Waals surface area (Å²) in [6.45, 7) is 11.3. The van der Waals surface area contributed by atoms with Crippen LogP contribution in [-0.4, -0.2) is 5.97 Å². The molecule has 0 unspecified atom stereocenters. The summed E-state index contributed by atoms with van der Waals surface area (Å²) in [4.78, 5) is 10.5. The summed E-state index contributed by atoms with van der Waals surface area (Å²) in [5.74, 6) is -0.188. The van der Waals surface area contributed by atoms with Crippen LogP contribution in [0.3, 0.4) is 0 Å². The van der Waals surface area contributed by atoms with Gasteiger partial charge in [0, 0.05) is 6.42 Å². The Morgan fingerprint density at radius 3 is 2.45 bits per heavy atom. The summed E-state index contributed by atoms with van der Waals surface area (Å²) >= 11 is 0. The van der Waals surface area contributed by atoms with Crippen LogP contribution in [0.1, 0.15) is 26.2 Å². The molecule has 0 bridgehead atoms. The van der Waals surface area contributed by atoms with Gasteiger partial charge in [-0.3, -0.25) is 4.79 Å². The van der Waals surface area contributed by atoms with Crippen molar-refractivity contribution in [3.05, 3.63) is 26.0 Å². The summed E-state index contributed by atoms with van der Waals surface area (Å²) in [5, 5.41) is 0. The average molecular weight is 156 g/mol. The maximum absolute atomic E-state index is 10.5. The van der Waals surface area contributed by atoms with Crippen LogP contribution in [0.2, 0.25) is 0 Å². The number of rotatable bonds is 4. The van der Waals surface area contributed by atoms with Gasteiger partial charge in [-0.15, -0.1) is 13.2 Å². The lowest BCUT2D eigenvalue weighted by molar-refractivity contribution is -0.138. The molecule has 0 aromatic rings. The maximum Gasteiger partial charge on any atom is 0.310 e. The number of unbranched alkanes of at least 4 members (excludes halogenated alkanes) is 1. The summed E-state index contributed by atoms with van der Waals surface area (Å²) in [6.07, 6.45) is 3.58. The van der Waals surface area contributed by atoms with Crippen molar-refractivity contribution in [2.24, 2.45) is 0 Å². The molecule has 0 aliphatic heterocycles. The van der Waals surface area contributed by atoms with Crippen LogP contribution in [0.5, 0.6) is 0 Å². The summed E-state index contributed by atoms with van der Waals surface area (Å²) in [5.41, 5.74) is 0. The van der Waals surface area contributed by atoms with Crippen molar-refractivity contribution in [1.29, 1.82) is 0 Å². The first-order valence-electron chi connectivity index (χ1n) is 3.61. The van der Waals surface area contributed by atoms with Crippen LogP contribution in [-0.2, 0) is 9.53 Å². The number of esters is 1. The zero-order chi connectivity index (χ0) is 9.11. The first kappa shape index (κ1) is 12.6. The predicted molar refractivity (Wildman–Crippen MR) is 47.1 cm³/mol. The van der Waals surface area contributed by atoms with E-state index in [-0.39, 0.29) is 5.97 Å². The summed E-state index contributed by atoms with van der Waals surface area (Å²) in [7, 11) is 0. The van der Waals surface area contributed by atoms with E-state index in [1.165, 1.54) is 0 Å². The molecular weight excluding hydrogens is 140 g/mol. The van der Waals surface area contributed by atoms with Crippen molar-refractivity contribution in [2.45, 2.75) is 26.2 Å². The lowest BCUT2D eigenvalue weighted by atomic mass is 10.3. The van der Waals surface area contributed by atoms with Crippen LogP contribution in [0.15, 0.2) is 26.0 Å². The molecule has 0 radical (unpaired) electrons. The van der Waals surface area contributed by atoms with Crippen LogP contribution in [0.4, 0.5) is 0 Å². The van der Waals surface area contributed by atoms with Crippen molar-refractivity contribution in [1.82, 2.24) is 0 Å². The summed E-state index contributed by atoms with van der Waals surface area (Å²) in [6, 6.07) is 0. The fourth-order valence-electron chi connectivity index (χ4n) is 0.473. The van der Waals surface area contributed by atoms with Gasteiger partial charge in [-0.2, -0.15) is 0 Å². The molecule has 0 aromatic carbocycles. The third-order valence-electron chi connectivity index (χ3n) is 0.949. The zero-order valence-corrected chi connectivity index (χ0v) is 7.14. The molecule has 0 fully saturated rings. The van der Waals surface area contributed by atoms with Gasteiger partial charge in [0.15, 0.2) is 0 Å². The minimum absolute atomic E-state index is 0.188. The van der Waals surface area contributed by atoms with E-state index in [9.17, 15) is 4.79 Å². The number of carbonyl (C=O) groups excluding carboxylic acids is 1. The van der Waals surface area contributed by atoms with Crippen LogP contribution < -0.4 is 0 Å². The molecule has 2 heteroatoms. The average Bonchev–Trinajstić information content (AvgIpc) is 2.05. The lowest BCUT2D eigenvalue weighted by Gasteiger charge is -1.94. The molecule has 0 aliphatic rings. The Morgan fingerprint density at radius 2 is 2.09 bits per heavy atom. The Bertz CT molecular complexity index is 108. The van der Waals surface area contributed by atoms with E-state index in [0.29, 0.717) is 6.42 Å². The van der Waals surface area contributed by atoms with Gasteiger partial charge in [0.1, 0.15) is 0 Å². The van der Waals surface area contributed by atoms with Gasteiger partial charge in [-0.1, -0.05) is 19.9 Å². The molecule has 11 heavy (non-hydrogen) atoms. The molecule has 0 amide bonds. The minimum atomic E-state index is -0.188. The predicted octanol–water partition coefficient (Wildman–Crippen LogP) is 2.67. The van der Waals surface area contributed by atoms with E-state index < -0.39 is 0 Å². The van der Waals surface area contributed by atoms with Gasteiger partial charge >= 0.3 is 5.97 Å². The molecule has 0 heterocycles. The van der Waals surface area contributed by atoms with E-state index in [4.69, 9.17) is 0 Å². The van der Waals surface area contributed by atoms with E-state index in [0.717, 1.165) is 19.1 Å². The maximum atomic E-state index is 10.5. The van der Waals surface area contributed by atoms with Gasteiger partial charge in [-0.05, 0) is 6.42 Å². The molecular formula is C9H16O2. The Labute approximate surface area is 68.6 Å². The van der Waals surface area contributed by atoms with Gasteiger partial charge in [0.2, 0.25) is 0 Å². The Kier molecular flexibility index (Phi) is 13.4. The molecule has 0 aromatic heterocycles. The highest BCUT2D eigenvalue weighted by atomic mass is 16.5. The van der Waals surface area contributed by atoms with Gasteiger partial charge in [-0.25, -0.2) is 0 Å². The van der Waals surface area contributed by atoms with Crippen LogP contribution in [0, 0.1) is 0 Å². The highest BCUT2D eigenvalue weighted by molar-refractivity contribution is 5.69. The quantitative estimate of drug-likeness (QED) is 0.355. The highest BCUT2D eigenvalue weighted by Crippen LogP contribution is 1.95. The first-order chi connectivity index (χ1) is 5.31. The first-order valence-corrected chi connectivity index (χ1v) is 3.61. The van der Waals surface area contributed by atoms with Gasteiger partial charge in [0.05, 0.1) is 6.26 Å². The van der Waals surface area contributed by atoms with Crippen molar-refractivity contribution in [3.8, 4) is 0 Å². The van der Waals surface area contributed by atoms with E-state index >= 15 is 0 Å². The smallest absolute Gasteiger partial charge is 0.310 e. The van der Waals surface area contributed by atoms with Crippen LogP contribution >= 0.6 is 0 Å².